The molecule has 1 aliphatic carbocycles. The van der Waals surface area contributed by atoms with E-state index in [1.807, 2.05) is 13.0 Å². The van der Waals surface area contributed by atoms with Gasteiger partial charge in [-0.2, -0.15) is 4.73 Å². The van der Waals surface area contributed by atoms with Crippen molar-refractivity contribution in [2.75, 3.05) is 0 Å². The molecule has 0 spiro atoms. The zero-order chi connectivity index (χ0) is 7.84. The molecule has 0 N–H and O–H groups in total. The summed E-state index contributed by atoms with van der Waals surface area (Å²) in [5.74, 6) is 0. The van der Waals surface area contributed by atoms with Crippen molar-refractivity contribution in [2.45, 2.75) is 26.2 Å². The zero-order valence-electron chi connectivity index (χ0n) is 6.63. The van der Waals surface area contributed by atoms with Gasteiger partial charge in [0.2, 0.25) is 0 Å². The smallest absolute Gasteiger partial charge is 0.196 e. The Balaban J connectivity index is 2.62. The van der Waals surface area contributed by atoms with E-state index >= 15 is 0 Å². The Bertz CT molecular complexity index is 294. The summed E-state index contributed by atoms with van der Waals surface area (Å²) in [4.78, 5) is 0. The fourth-order valence-electron chi connectivity index (χ4n) is 1.66. The van der Waals surface area contributed by atoms with Crippen LogP contribution in [-0.2, 0) is 12.8 Å². The first kappa shape index (κ1) is 6.65. The molecule has 1 aromatic rings. The second-order valence-electron chi connectivity index (χ2n) is 3.09. The molecule has 1 heterocycles. The lowest BCUT2D eigenvalue weighted by molar-refractivity contribution is -0.620. The molecule has 0 saturated carbocycles. The van der Waals surface area contributed by atoms with Gasteiger partial charge in [-0.05, 0) is 18.9 Å². The van der Waals surface area contributed by atoms with Gasteiger partial charge in [0.05, 0.1) is 0 Å². The predicted molar refractivity (Wildman–Crippen MR) is 42.2 cm³/mol. The molecule has 1 aliphatic rings. The van der Waals surface area contributed by atoms with E-state index in [0.717, 1.165) is 35.4 Å². The van der Waals surface area contributed by atoms with Gasteiger partial charge in [-0.15, -0.1) is 0 Å². The van der Waals surface area contributed by atoms with Crippen molar-refractivity contribution in [3.8, 4) is 0 Å². The van der Waals surface area contributed by atoms with E-state index in [2.05, 4.69) is 6.07 Å². The normalized spacial score (nSPS) is 15.0. The molecule has 0 aromatic carbocycles. The van der Waals surface area contributed by atoms with Crippen LogP contribution in [0.3, 0.4) is 0 Å². The predicted octanol–water partition coefficient (Wildman–Crippen LogP) is 1.12. The average Bonchev–Trinajstić information content (AvgIpc) is 2.45. The summed E-state index contributed by atoms with van der Waals surface area (Å²) in [5, 5.41) is 11.4. The Hall–Kier alpha value is -1.05. The number of aryl methyl sites for hydroxylation is 2. The molecule has 0 amide bonds. The number of aromatic nitrogens is 1. The van der Waals surface area contributed by atoms with Gasteiger partial charge >= 0.3 is 0 Å². The number of hydrogen-bond donors (Lipinski definition) is 0. The summed E-state index contributed by atoms with van der Waals surface area (Å²) in [6, 6.07) is 3.98. The third-order valence-electron chi connectivity index (χ3n) is 2.32. The van der Waals surface area contributed by atoms with Crippen LogP contribution >= 0.6 is 0 Å². The maximum atomic E-state index is 11.4. The summed E-state index contributed by atoms with van der Waals surface area (Å²) >= 11 is 0. The molecule has 0 bridgehead atoms. The fourth-order valence-corrected chi connectivity index (χ4v) is 1.66. The number of nitrogens with zero attached hydrogens (tertiary/aromatic N) is 1. The third-order valence-corrected chi connectivity index (χ3v) is 2.32. The van der Waals surface area contributed by atoms with E-state index in [4.69, 9.17) is 0 Å². The molecule has 58 valence electrons. The molecular formula is C9H11NO. The summed E-state index contributed by atoms with van der Waals surface area (Å²) in [6.07, 6.45) is 3.18. The molecule has 2 rings (SSSR count). The number of rotatable bonds is 0. The monoisotopic (exact) mass is 149 g/mol. The van der Waals surface area contributed by atoms with Crippen molar-refractivity contribution in [2.24, 2.45) is 0 Å². The topological polar surface area (TPSA) is 26.9 Å². The van der Waals surface area contributed by atoms with Gasteiger partial charge in [0.25, 0.3) is 0 Å². The maximum absolute atomic E-state index is 11.4. The SMILES string of the molecule is Cc1ccc2c([n+]1[O-])CCC2. The van der Waals surface area contributed by atoms with Gasteiger partial charge < -0.3 is 5.21 Å². The number of hydrogen-bond acceptors (Lipinski definition) is 1. The Morgan fingerprint density at radius 2 is 2.18 bits per heavy atom. The highest BCUT2D eigenvalue weighted by Crippen LogP contribution is 2.17. The van der Waals surface area contributed by atoms with Gasteiger partial charge in [0, 0.05) is 25.0 Å². The first-order valence-electron chi connectivity index (χ1n) is 4.00. The van der Waals surface area contributed by atoms with Crippen LogP contribution in [0.4, 0.5) is 0 Å². The summed E-state index contributed by atoms with van der Waals surface area (Å²) < 4.78 is 1.07. The lowest BCUT2D eigenvalue weighted by Gasteiger charge is -2.04. The fraction of sp³-hybridized carbons (Fsp3) is 0.444. The average molecular weight is 149 g/mol. The Morgan fingerprint density at radius 1 is 1.36 bits per heavy atom. The summed E-state index contributed by atoms with van der Waals surface area (Å²) in [5.41, 5.74) is 3.04. The van der Waals surface area contributed by atoms with E-state index in [9.17, 15) is 5.21 Å². The Morgan fingerprint density at radius 3 is 3.00 bits per heavy atom. The Labute approximate surface area is 66.1 Å². The minimum Gasteiger partial charge on any atom is -0.618 e. The first-order valence-corrected chi connectivity index (χ1v) is 4.00. The third kappa shape index (κ3) is 0.897. The van der Waals surface area contributed by atoms with Crippen LogP contribution in [-0.4, -0.2) is 0 Å². The van der Waals surface area contributed by atoms with Gasteiger partial charge in [-0.25, -0.2) is 0 Å². The van der Waals surface area contributed by atoms with Crippen molar-refractivity contribution in [1.82, 2.24) is 0 Å². The molecule has 0 atom stereocenters. The van der Waals surface area contributed by atoms with Crippen LogP contribution in [0.15, 0.2) is 12.1 Å². The van der Waals surface area contributed by atoms with Crippen LogP contribution in [0.1, 0.15) is 23.4 Å². The van der Waals surface area contributed by atoms with Crippen LogP contribution in [0, 0.1) is 12.1 Å². The molecule has 0 aliphatic heterocycles. The van der Waals surface area contributed by atoms with Gasteiger partial charge in [0.15, 0.2) is 11.4 Å². The molecule has 2 heteroatoms. The minimum atomic E-state index is 0.811. The standard InChI is InChI=1S/C9H11NO/c1-7-5-6-8-3-2-4-9(8)10(7)11/h5-6H,2-4H2,1H3. The van der Waals surface area contributed by atoms with Crippen LogP contribution < -0.4 is 4.73 Å². The van der Waals surface area contributed by atoms with Crippen molar-refractivity contribution in [3.05, 3.63) is 34.3 Å². The highest BCUT2D eigenvalue weighted by Gasteiger charge is 2.19. The summed E-state index contributed by atoms with van der Waals surface area (Å²) in [7, 11) is 0. The number of pyridine rings is 1. The molecule has 0 fully saturated rings. The van der Waals surface area contributed by atoms with E-state index in [1.165, 1.54) is 5.56 Å². The van der Waals surface area contributed by atoms with E-state index in [-0.39, 0.29) is 0 Å². The highest BCUT2D eigenvalue weighted by molar-refractivity contribution is 5.22. The maximum Gasteiger partial charge on any atom is 0.196 e. The molecule has 0 saturated heterocycles. The van der Waals surface area contributed by atoms with Crippen LogP contribution in [0.25, 0.3) is 0 Å². The van der Waals surface area contributed by atoms with E-state index in [0.29, 0.717) is 0 Å². The molecular weight excluding hydrogens is 138 g/mol. The number of fused-ring (bicyclic) bond motifs is 1. The molecule has 1 aromatic heterocycles. The molecule has 0 radical (unpaired) electrons. The van der Waals surface area contributed by atoms with Crippen molar-refractivity contribution < 1.29 is 4.73 Å². The van der Waals surface area contributed by atoms with E-state index in [1.54, 1.807) is 0 Å². The van der Waals surface area contributed by atoms with Gasteiger partial charge in [0.1, 0.15) is 0 Å². The van der Waals surface area contributed by atoms with Gasteiger partial charge in [-0.1, -0.05) is 0 Å². The first-order chi connectivity index (χ1) is 5.29. The van der Waals surface area contributed by atoms with Crippen LogP contribution in [0.2, 0.25) is 0 Å². The lowest BCUT2D eigenvalue weighted by Crippen LogP contribution is -2.34. The quantitative estimate of drug-likeness (QED) is 0.401. The van der Waals surface area contributed by atoms with E-state index < -0.39 is 0 Å². The second-order valence-corrected chi connectivity index (χ2v) is 3.09. The minimum absolute atomic E-state index is 0.811. The zero-order valence-corrected chi connectivity index (χ0v) is 6.63. The van der Waals surface area contributed by atoms with Crippen molar-refractivity contribution in [1.29, 1.82) is 0 Å². The second kappa shape index (κ2) is 2.22. The molecule has 0 unspecified atom stereocenters. The summed E-state index contributed by atoms with van der Waals surface area (Å²) in [6.45, 7) is 1.85. The Kier molecular flexibility index (Phi) is 1.34. The van der Waals surface area contributed by atoms with Crippen molar-refractivity contribution in [3.63, 3.8) is 0 Å². The highest BCUT2D eigenvalue weighted by atomic mass is 16.5. The molecule has 11 heavy (non-hydrogen) atoms. The van der Waals surface area contributed by atoms with Crippen LogP contribution in [0.5, 0.6) is 0 Å². The van der Waals surface area contributed by atoms with Gasteiger partial charge in [-0.3, -0.25) is 0 Å². The molecule has 2 nitrogen and oxygen atoms in total. The lowest BCUT2D eigenvalue weighted by atomic mass is 10.2. The largest absolute Gasteiger partial charge is 0.618 e. The van der Waals surface area contributed by atoms with Crippen molar-refractivity contribution >= 4 is 0 Å².